The smallest absolute Gasteiger partial charge is 0.197 e. The predicted octanol–water partition coefficient (Wildman–Crippen LogP) is 4.09. The molecule has 3 nitrogen and oxygen atoms in total. The number of aryl methyl sites for hydroxylation is 1. The molecule has 1 unspecified atom stereocenters. The van der Waals surface area contributed by atoms with E-state index in [1.54, 1.807) is 11.3 Å². The minimum absolute atomic E-state index is 0.263. The molecule has 0 fully saturated rings. The van der Waals surface area contributed by atoms with E-state index in [1.165, 1.54) is 11.1 Å². The van der Waals surface area contributed by atoms with Crippen molar-refractivity contribution in [3.8, 4) is 0 Å². The first-order valence-electron chi connectivity index (χ1n) is 6.88. The number of benzene rings is 1. The van der Waals surface area contributed by atoms with Crippen molar-refractivity contribution in [2.24, 2.45) is 0 Å². The van der Waals surface area contributed by atoms with Crippen molar-refractivity contribution in [1.29, 1.82) is 0 Å². The molecule has 4 heteroatoms. The van der Waals surface area contributed by atoms with Crippen molar-refractivity contribution in [1.82, 2.24) is 10.3 Å². The second-order valence-corrected chi connectivity index (χ2v) is 5.64. The molecule has 0 bridgehead atoms. The monoisotopic (exact) mass is 286 g/mol. The highest BCUT2D eigenvalue weighted by atomic mass is 32.1. The zero-order valence-corrected chi connectivity index (χ0v) is 12.5. The average molecular weight is 286 g/mol. The molecule has 1 aromatic carbocycles. The third-order valence-electron chi connectivity index (χ3n) is 3.44. The van der Waals surface area contributed by atoms with Gasteiger partial charge in [0.05, 0.1) is 0 Å². The maximum absolute atomic E-state index is 5.84. The molecule has 2 aromatic heterocycles. The molecule has 1 N–H and O–H groups in total. The van der Waals surface area contributed by atoms with Crippen LogP contribution in [0, 0.1) is 6.92 Å². The van der Waals surface area contributed by atoms with Gasteiger partial charge in [-0.05, 0) is 47.5 Å². The number of para-hydroxylation sites is 2. The summed E-state index contributed by atoms with van der Waals surface area (Å²) in [6, 6.07) is 8.17. The summed E-state index contributed by atoms with van der Waals surface area (Å²) in [7, 11) is 0. The van der Waals surface area contributed by atoms with Crippen LogP contribution in [0.1, 0.15) is 30.0 Å². The number of nitrogens with zero attached hydrogens (tertiary/aromatic N) is 1. The lowest BCUT2D eigenvalue weighted by atomic mass is 10.0. The zero-order chi connectivity index (χ0) is 13.9. The first-order chi connectivity index (χ1) is 9.78. The second-order valence-electron chi connectivity index (χ2n) is 4.90. The van der Waals surface area contributed by atoms with Crippen LogP contribution in [-0.2, 0) is 6.42 Å². The Hall–Kier alpha value is -1.65. The Morgan fingerprint density at radius 1 is 1.30 bits per heavy atom. The van der Waals surface area contributed by atoms with E-state index >= 15 is 0 Å². The quantitative estimate of drug-likeness (QED) is 0.767. The molecule has 0 saturated carbocycles. The molecule has 0 spiro atoms. The summed E-state index contributed by atoms with van der Waals surface area (Å²) >= 11 is 1.74. The Balaban J connectivity index is 1.88. The molecule has 3 rings (SSSR count). The van der Waals surface area contributed by atoms with Crippen molar-refractivity contribution in [3.05, 3.63) is 52.0 Å². The maximum Gasteiger partial charge on any atom is 0.197 e. The number of fused-ring (bicyclic) bond motifs is 1. The third kappa shape index (κ3) is 2.62. The lowest BCUT2D eigenvalue weighted by molar-refractivity contribution is 0.460. The van der Waals surface area contributed by atoms with Gasteiger partial charge in [-0.1, -0.05) is 19.1 Å². The van der Waals surface area contributed by atoms with Gasteiger partial charge in [0, 0.05) is 12.5 Å². The summed E-state index contributed by atoms with van der Waals surface area (Å²) in [6.07, 6.45) is 0.778. The zero-order valence-electron chi connectivity index (χ0n) is 11.7. The topological polar surface area (TPSA) is 38.1 Å². The minimum atomic E-state index is 0.263. The van der Waals surface area contributed by atoms with Gasteiger partial charge in [-0.3, -0.25) is 0 Å². The molecule has 1 atom stereocenters. The number of hydrogen-bond acceptors (Lipinski definition) is 4. The minimum Gasteiger partial charge on any atom is -0.441 e. The van der Waals surface area contributed by atoms with Crippen LogP contribution in [-0.4, -0.2) is 11.5 Å². The van der Waals surface area contributed by atoms with Gasteiger partial charge in [0.25, 0.3) is 0 Å². The Morgan fingerprint density at radius 2 is 2.15 bits per heavy atom. The molecular formula is C16H18N2OS. The summed E-state index contributed by atoms with van der Waals surface area (Å²) in [4.78, 5) is 4.57. The number of aromatic nitrogens is 1. The summed E-state index contributed by atoms with van der Waals surface area (Å²) in [5.41, 5.74) is 4.47. The SMILES string of the molecule is CCNC(Cc1nc2ccccc2o1)c1cscc1C. The van der Waals surface area contributed by atoms with Crippen molar-refractivity contribution >= 4 is 22.4 Å². The highest BCUT2D eigenvalue weighted by Gasteiger charge is 2.17. The molecule has 3 aromatic rings. The van der Waals surface area contributed by atoms with Gasteiger partial charge in [0.1, 0.15) is 5.52 Å². The third-order valence-corrected chi connectivity index (χ3v) is 4.32. The first kappa shape index (κ1) is 13.3. The first-order valence-corrected chi connectivity index (χ1v) is 7.82. The normalized spacial score (nSPS) is 12.9. The molecule has 0 radical (unpaired) electrons. The summed E-state index contributed by atoms with van der Waals surface area (Å²) in [5, 5.41) is 7.93. The van der Waals surface area contributed by atoms with E-state index in [2.05, 4.69) is 34.9 Å². The maximum atomic E-state index is 5.84. The van der Waals surface area contributed by atoms with E-state index in [-0.39, 0.29) is 6.04 Å². The fourth-order valence-corrected chi connectivity index (χ4v) is 3.35. The lowest BCUT2D eigenvalue weighted by Crippen LogP contribution is -2.23. The van der Waals surface area contributed by atoms with Crippen molar-refractivity contribution in [2.75, 3.05) is 6.54 Å². The molecule has 0 aliphatic heterocycles. The average Bonchev–Trinajstić information content (AvgIpc) is 3.03. The van der Waals surface area contributed by atoms with Gasteiger partial charge in [-0.15, -0.1) is 0 Å². The van der Waals surface area contributed by atoms with Crippen LogP contribution >= 0.6 is 11.3 Å². The standard InChI is InChI=1S/C16H18N2OS/c1-3-17-14(12-10-20-9-11(12)2)8-16-18-13-6-4-5-7-15(13)19-16/h4-7,9-10,14,17H,3,8H2,1-2H3. The number of rotatable bonds is 5. The molecule has 0 amide bonds. The van der Waals surface area contributed by atoms with Crippen LogP contribution in [0.15, 0.2) is 39.4 Å². The lowest BCUT2D eigenvalue weighted by Gasteiger charge is -2.16. The van der Waals surface area contributed by atoms with E-state index in [1.807, 2.05) is 24.3 Å². The highest BCUT2D eigenvalue weighted by Crippen LogP contribution is 2.26. The number of likely N-dealkylation sites (N-methyl/N-ethyl adjacent to an activating group) is 1. The highest BCUT2D eigenvalue weighted by molar-refractivity contribution is 7.08. The van der Waals surface area contributed by atoms with Gasteiger partial charge in [-0.2, -0.15) is 11.3 Å². The molecule has 104 valence electrons. The van der Waals surface area contributed by atoms with E-state index in [4.69, 9.17) is 4.42 Å². The van der Waals surface area contributed by atoms with Gasteiger partial charge < -0.3 is 9.73 Å². The van der Waals surface area contributed by atoms with E-state index < -0.39 is 0 Å². The molecular weight excluding hydrogens is 268 g/mol. The van der Waals surface area contributed by atoms with Gasteiger partial charge in [0.2, 0.25) is 0 Å². The molecule has 0 saturated heterocycles. The molecule has 20 heavy (non-hydrogen) atoms. The Morgan fingerprint density at radius 3 is 2.85 bits per heavy atom. The van der Waals surface area contributed by atoms with Crippen LogP contribution in [0.25, 0.3) is 11.1 Å². The van der Waals surface area contributed by atoms with Crippen LogP contribution < -0.4 is 5.32 Å². The fourth-order valence-electron chi connectivity index (χ4n) is 2.45. The molecule has 2 heterocycles. The predicted molar refractivity (Wildman–Crippen MR) is 83.2 cm³/mol. The van der Waals surface area contributed by atoms with Crippen molar-refractivity contribution in [2.45, 2.75) is 26.3 Å². The van der Waals surface area contributed by atoms with Gasteiger partial charge in [-0.25, -0.2) is 4.98 Å². The Labute approximate surface area is 122 Å². The number of oxazole rings is 1. The fraction of sp³-hybridized carbons (Fsp3) is 0.312. The van der Waals surface area contributed by atoms with Crippen LogP contribution in [0.5, 0.6) is 0 Å². The van der Waals surface area contributed by atoms with Gasteiger partial charge >= 0.3 is 0 Å². The number of nitrogens with one attached hydrogen (secondary N) is 1. The Bertz CT molecular complexity index is 668. The van der Waals surface area contributed by atoms with Crippen LogP contribution in [0.3, 0.4) is 0 Å². The van der Waals surface area contributed by atoms with E-state index in [0.717, 1.165) is 30.0 Å². The second kappa shape index (κ2) is 5.77. The summed E-state index contributed by atoms with van der Waals surface area (Å²) in [6.45, 7) is 5.21. The summed E-state index contributed by atoms with van der Waals surface area (Å²) in [5.74, 6) is 0.794. The molecule has 0 aliphatic rings. The van der Waals surface area contributed by atoms with Crippen LogP contribution in [0.4, 0.5) is 0 Å². The van der Waals surface area contributed by atoms with Crippen LogP contribution in [0.2, 0.25) is 0 Å². The Kier molecular flexibility index (Phi) is 3.85. The van der Waals surface area contributed by atoms with E-state index in [0.29, 0.717) is 0 Å². The van der Waals surface area contributed by atoms with Crippen molar-refractivity contribution < 1.29 is 4.42 Å². The largest absolute Gasteiger partial charge is 0.441 e. The number of hydrogen-bond donors (Lipinski definition) is 1. The summed E-state index contributed by atoms with van der Waals surface area (Å²) < 4.78 is 5.84. The van der Waals surface area contributed by atoms with Crippen molar-refractivity contribution in [3.63, 3.8) is 0 Å². The van der Waals surface area contributed by atoms with E-state index in [9.17, 15) is 0 Å². The van der Waals surface area contributed by atoms with Gasteiger partial charge in [0.15, 0.2) is 11.5 Å². The number of thiophene rings is 1. The molecule has 0 aliphatic carbocycles.